The number of likely N-dealkylation sites (tertiary alicyclic amines) is 1. The Hall–Kier alpha value is -0.120. The summed E-state index contributed by atoms with van der Waals surface area (Å²) in [5.74, 6) is 0.768. The predicted molar refractivity (Wildman–Crippen MR) is 71.3 cm³/mol. The molecule has 0 spiro atoms. The standard InChI is InChI=1S/C14H28N2O/c1-12(2)9-15-7-3-4-8-16-10-13-5-6-14(11-16)17-13/h12-15H,3-11H2,1-2H3. The lowest BCUT2D eigenvalue weighted by molar-refractivity contribution is -0.0385. The van der Waals surface area contributed by atoms with E-state index >= 15 is 0 Å². The third-order valence-corrected chi connectivity index (χ3v) is 3.75. The van der Waals surface area contributed by atoms with Crippen LogP contribution in [-0.2, 0) is 4.74 Å². The molecule has 0 aromatic rings. The quantitative estimate of drug-likeness (QED) is 0.688. The predicted octanol–water partition coefficient (Wildman–Crippen LogP) is 1.88. The van der Waals surface area contributed by atoms with Crippen molar-refractivity contribution in [3.8, 4) is 0 Å². The van der Waals surface area contributed by atoms with Gasteiger partial charge < -0.3 is 10.1 Å². The summed E-state index contributed by atoms with van der Waals surface area (Å²) in [5.41, 5.74) is 0. The molecule has 0 saturated carbocycles. The van der Waals surface area contributed by atoms with E-state index in [1.165, 1.54) is 51.9 Å². The van der Waals surface area contributed by atoms with Gasteiger partial charge in [-0.2, -0.15) is 0 Å². The van der Waals surface area contributed by atoms with Gasteiger partial charge in [-0.25, -0.2) is 0 Å². The lowest BCUT2D eigenvalue weighted by Crippen LogP contribution is -2.43. The largest absolute Gasteiger partial charge is 0.372 e. The number of unbranched alkanes of at least 4 members (excludes halogenated alkanes) is 1. The molecule has 2 fully saturated rings. The first kappa shape index (κ1) is 13.3. The summed E-state index contributed by atoms with van der Waals surface area (Å²) < 4.78 is 5.84. The van der Waals surface area contributed by atoms with Crippen LogP contribution < -0.4 is 5.32 Å². The minimum atomic E-state index is 0.549. The zero-order valence-electron chi connectivity index (χ0n) is 11.5. The van der Waals surface area contributed by atoms with Crippen LogP contribution in [0.25, 0.3) is 0 Å². The van der Waals surface area contributed by atoms with Crippen LogP contribution in [-0.4, -0.2) is 49.8 Å². The first-order valence-electron chi connectivity index (χ1n) is 7.32. The molecular weight excluding hydrogens is 212 g/mol. The molecule has 17 heavy (non-hydrogen) atoms. The zero-order valence-corrected chi connectivity index (χ0v) is 11.5. The normalized spacial score (nSPS) is 29.1. The van der Waals surface area contributed by atoms with Gasteiger partial charge >= 0.3 is 0 Å². The monoisotopic (exact) mass is 240 g/mol. The Morgan fingerprint density at radius 2 is 1.88 bits per heavy atom. The average Bonchev–Trinajstić information content (AvgIpc) is 2.63. The summed E-state index contributed by atoms with van der Waals surface area (Å²) in [4.78, 5) is 2.61. The summed E-state index contributed by atoms with van der Waals surface area (Å²) in [5, 5.41) is 3.51. The van der Waals surface area contributed by atoms with Gasteiger partial charge in [0.15, 0.2) is 0 Å². The minimum absolute atomic E-state index is 0.549. The number of fused-ring (bicyclic) bond motifs is 2. The second-order valence-electron chi connectivity index (χ2n) is 6.02. The van der Waals surface area contributed by atoms with Crippen LogP contribution in [0.15, 0.2) is 0 Å². The Kier molecular flexibility index (Phi) is 5.26. The van der Waals surface area contributed by atoms with Gasteiger partial charge in [-0.3, -0.25) is 4.90 Å². The minimum Gasteiger partial charge on any atom is -0.372 e. The van der Waals surface area contributed by atoms with Gasteiger partial charge in [0.1, 0.15) is 0 Å². The molecule has 2 aliphatic heterocycles. The van der Waals surface area contributed by atoms with Gasteiger partial charge in [-0.05, 0) is 51.2 Å². The van der Waals surface area contributed by atoms with E-state index in [4.69, 9.17) is 4.74 Å². The molecule has 3 nitrogen and oxygen atoms in total. The first-order chi connectivity index (χ1) is 8.24. The Bertz CT molecular complexity index is 208. The van der Waals surface area contributed by atoms with Crippen LogP contribution in [0.1, 0.15) is 39.5 Å². The van der Waals surface area contributed by atoms with E-state index in [-0.39, 0.29) is 0 Å². The van der Waals surface area contributed by atoms with Gasteiger partial charge in [0.2, 0.25) is 0 Å². The van der Waals surface area contributed by atoms with Crippen LogP contribution in [0.4, 0.5) is 0 Å². The van der Waals surface area contributed by atoms with Crippen molar-refractivity contribution in [2.24, 2.45) is 5.92 Å². The van der Waals surface area contributed by atoms with E-state index in [1.807, 2.05) is 0 Å². The molecule has 2 bridgehead atoms. The van der Waals surface area contributed by atoms with Crippen molar-refractivity contribution in [3.63, 3.8) is 0 Å². The summed E-state index contributed by atoms with van der Waals surface area (Å²) in [6.45, 7) is 10.5. The van der Waals surface area contributed by atoms with Crippen molar-refractivity contribution >= 4 is 0 Å². The molecule has 0 aliphatic carbocycles. The number of rotatable bonds is 7. The topological polar surface area (TPSA) is 24.5 Å². The van der Waals surface area contributed by atoms with Crippen LogP contribution in [0.5, 0.6) is 0 Å². The molecule has 1 N–H and O–H groups in total. The molecule has 2 unspecified atom stereocenters. The van der Waals surface area contributed by atoms with Gasteiger partial charge in [-0.1, -0.05) is 13.8 Å². The van der Waals surface area contributed by atoms with Crippen molar-refractivity contribution in [2.75, 3.05) is 32.7 Å². The Labute approximate surface area is 106 Å². The van der Waals surface area contributed by atoms with E-state index in [1.54, 1.807) is 0 Å². The first-order valence-corrected chi connectivity index (χ1v) is 7.32. The summed E-state index contributed by atoms with van der Waals surface area (Å²) in [7, 11) is 0. The molecule has 2 rings (SSSR count). The zero-order chi connectivity index (χ0) is 12.1. The van der Waals surface area contributed by atoms with E-state index in [0.717, 1.165) is 12.5 Å². The molecular formula is C14H28N2O. The summed E-state index contributed by atoms with van der Waals surface area (Å²) in [6, 6.07) is 0. The van der Waals surface area contributed by atoms with Gasteiger partial charge in [0, 0.05) is 13.1 Å². The fraction of sp³-hybridized carbons (Fsp3) is 1.00. The number of hydrogen-bond acceptors (Lipinski definition) is 3. The lowest BCUT2D eigenvalue weighted by atomic mass is 10.2. The fourth-order valence-corrected chi connectivity index (χ4v) is 2.86. The molecule has 2 aliphatic rings. The third kappa shape index (κ3) is 4.57. The average molecular weight is 240 g/mol. The summed E-state index contributed by atoms with van der Waals surface area (Å²) >= 11 is 0. The highest BCUT2D eigenvalue weighted by Crippen LogP contribution is 2.26. The second kappa shape index (κ2) is 6.72. The van der Waals surface area contributed by atoms with Crippen LogP contribution >= 0.6 is 0 Å². The molecule has 100 valence electrons. The van der Waals surface area contributed by atoms with Crippen molar-refractivity contribution < 1.29 is 4.74 Å². The molecule has 0 amide bonds. The van der Waals surface area contributed by atoms with Crippen molar-refractivity contribution in [3.05, 3.63) is 0 Å². The Morgan fingerprint density at radius 3 is 2.53 bits per heavy atom. The van der Waals surface area contributed by atoms with Crippen molar-refractivity contribution in [1.29, 1.82) is 0 Å². The van der Waals surface area contributed by atoms with Gasteiger partial charge in [0.25, 0.3) is 0 Å². The van der Waals surface area contributed by atoms with Crippen LogP contribution in [0.2, 0.25) is 0 Å². The molecule has 0 radical (unpaired) electrons. The Balaban J connectivity index is 1.48. The molecule has 3 heteroatoms. The SMILES string of the molecule is CC(C)CNCCCCN1CC2CCC(C1)O2. The van der Waals surface area contributed by atoms with Crippen molar-refractivity contribution in [2.45, 2.75) is 51.7 Å². The lowest BCUT2D eigenvalue weighted by Gasteiger charge is -2.32. The number of nitrogens with one attached hydrogen (secondary N) is 1. The number of hydrogen-bond donors (Lipinski definition) is 1. The number of ether oxygens (including phenoxy) is 1. The molecule has 2 saturated heterocycles. The highest BCUT2D eigenvalue weighted by atomic mass is 16.5. The maximum Gasteiger partial charge on any atom is 0.0707 e. The Morgan fingerprint density at radius 1 is 1.18 bits per heavy atom. The molecule has 0 aromatic heterocycles. The van der Waals surface area contributed by atoms with E-state index in [9.17, 15) is 0 Å². The molecule has 0 aromatic carbocycles. The smallest absolute Gasteiger partial charge is 0.0707 e. The van der Waals surface area contributed by atoms with Crippen LogP contribution in [0.3, 0.4) is 0 Å². The second-order valence-corrected chi connectivity index (χ2v) is 6.02. The van der Waals surface area contributed by atoms with E-state index < -0.39 is 0 Å². The van der Waals surface area contributed by atoms with Crippen LogP contribution in [0, 0.1) is 5.92 Å². The van der Waals surface area contributed by atoms with E-state index in [2.05, 4.69) is 24.1 Å². The fourth-order valence-electron chi connectivity index (χ4n) is 2.86. The molecule has 2 heterocycles. The molecule has 2 atom stereocenters. The number of morpholine rings is 1. The highest BCUT2D eigenvalue weighted by Gasteiger charge is 2.32. The maximum absolute atomic E-state index is 5.84. The van der Waals surface area contributed by atoms with Crippen molar-refractivity contribution in [1.82, 2.24) is 10.2 Å². The van der Waals surface area contributed by atoms with Gasteiger partial charge in [-0.15, -0.1) is 0 Å². The summed E-state index contributed by atoms with van der Waals surface area (Å²) in [6.07, 6.45) is 6.30. The highest BCUT2D eigenvalue weighted by molar-refractivity contribution is 4.84. The number of nitrogens with zero attached hydrogens (tertiary/aromatic N) is 1. The third-order valence-electron chi connectivity index (χ3n) is 3.75. The maximum atomic E-state index is 5.84. The van der Waals surface area contributed by atoms with Gasteiger partial charge in [0.05, 0.1) is 12.2 Å². The van der Waals surface area contributed by atoms with E-state index in [0.29, 0.717) is 12.2 Å².